The highest BCUT2D eigenvalue weighted by molar-refractivity contribution is 6.30. The lowest BCUT2D eigenvalue weighted by Gasteiger charge is -2.24. The van der Waals surface area contributed by atoms with Crippen LogP contribution in [0.25, 0.3) is 5.57 Å². The normalized spacial score (nSPS) is 13.9. The van der Waals surface area contributed by atoms with Crippen molar-refractivity contribution in [2.75, 3.05) is 45.5 Å². The Balaban J connectivity index is 1.37. The van der Waals surface area contributed by atoms with Crippen LogP contribution in [0.2, 0.25) is 5.02 Å². The first-order chi connectivity index (χ1) is 21.7. The molecule has 0 unspecified atom stereocenters. The van der Waals surface area contributed by atoms with Gasteiger partial charge < -0.3 is 35.6 Å². The van der Waals surface area contributed by atoms with Crippen molar-refractivity contribution < 1.29 is 23.9 Å². The van der Waals surface area contributed by atoms with E-state index in [-0.39, 0.29) is 29.2 Å². The summed E-state index contributed by atoms with van der Waals surface area (Å²) >= 11 is 6.16. The van der Waals surface area contributed by atoms with Gasteiger partial charge in [0.2, 0.25) is 5.91 Å². The standard InChI is InChI=1S/C32H34ClN7O5/c1-34-31(42)28-25(15-27(38-39-28)37-30(41)18-8-9-18)36-23-7-5-6-22(29(23)45-4)19-10-12-24(35-16-19)32(43)40(2)17-20-14-21(33)11-13-26(20)44-3/h5-7,10-15,18,35H,8-9,16-17H2,1-4H3,(H,34,42)(H2,36,37,38,41). The molecule has 0 bridgehead atoms. The number of methoxy groups -OCH3 is 2. The maximum absolute atomic E-state index is 13.2. The molecule has 0 spiro atoms. The molecular weight excluding hydrogens is 598 g/mol. The summed E-state index contributed by atoms with van der Waals surface area (Å²) in [7, 11) is 6.34. The van der Waals surface area contributed by atoms with Crippen molar-refractivity contribution in [2.24, 2.45) is 5.92 Å². The van der Waals surface area contributed by atoms with Crippen molar-refractivity contribution in [3.63, 3.8) is 0 Å². The van der Waals surface area contributed by atoms with Crippen molar-refractivity contribution in [3.8, 4) is 11.5 Å². The van der Waals surface area contributed by atoms with Crippen LogP contribution < -0.4 is 30.7 Å². The predicted molar refractivity (Wildman–Crippen MR) is 172 cm³/mol. The Morgan fingerprint density at radius 1 is 1.04 bits per heavy atom. The molecule has 1 aliphatic heterocycles. The van der Waals surface area contributed by atoms with Gasteiger partial charge in [0.15, 0.2) is 11.5 Å². The highest BCUT2D eigenvalue weighted by atomic mass is 35.5. The highest BCUT2D eigenvalue weighted by Gasteiger charge is 2.30. The summed E-state index contributed by atoms with van der Waals surface area (Å²) in [6, 6.07) is 12.4. The average molecular weight is 632 g/mol. The Morgan fingerprint density at radius 3 is 2.51 bits per heavy atom. The molecule has 4 N–H and O–H groups in total. The molecule has 0 radical (unpaired) electrons. The number of amides is 3. The molecule has 234 valence electrons. The molecule has 1 aliphatic carbocycles. The third kappa shape index (κ3) is 7.18. The van der Waals surface area contributed by atoms with E-state index >= 15 is 0 Å². The van der Waals surface area contributed by atoms with Crippen LogP contribution in [0.4, 0.5) is 17.2 Å². The first kappa shape index (κ1) is 31.3. The van der Waals surface area contributed by atoms with E-state index in [1.165, 1.54) is 7.05 Å². The van der Waals surface area contributed by atoms with Gasteiger partial charge in [-0.15, -0.1) is 10.2 Å². The monoisotopic (exact) mass is 631 g/mol. The van der Waals surface area contributed by atoms with Crippen LogP contribution in [0, 0.1) is 5.92 Å². The largest absolute Gasteiger partial charge is 0.496 e. The van der Waals surface area contributed by atoms with Gasteiger partial charge in [-0.25, -0.2) is 0 Å². The number of hydrogen-bond donors (Lipinski definition) is 4. The number of halogens is 1. The van der Waals surface area contributed by atoms with E-state index in [9.17, 15) is 14.4 Å². The van der Waals surface area contributed by atoms with Crippen LogP contribution in [0.3, 0.4) is 0 Å². The molecule has 2 heterocycles. The number of carbonyl (C=O) groups excluding carboxylic acids is 3. The molecular formula is C32H34ClN7O5. The Hall–Kier alpha value is -5.10. The number of allylic oxidation sites excluding steroid dienone is 2. The summed E-state index contributed by atoms with van der Waals surface area (Å²) < 4.78 is 11.2. The molecule has 2 aliphatic rings. The first-order valence-corrected chi connectivity index (χ1v) is 14.7. The van der Waals surface area contributed by atoms with Crippen LogP contribution in [0.5, 0.6) is 11.5 Å². The van der Waals surface area contributed by atoms with Crippen LogP contribution >= 0.6 is 11.6 Å². The maximum atomic E-state index is 13.2. The zero-order valence-electron chi connectivity index (χ0n) is 25.4. The second kappa shape index (κ2) is 13.7. The minimum absolute atomic E-state index is 0.0206. The van der Waals surface area contributed by atoms with E-state index in [1.807, 2.05) is 18.2 Å². The van der Waals surface area contributed by atoms with Gasteiger partial charge in [0, 0.05) is 55.3 Å². The fourth-order valence-electron chi connectivity index (χ4n) is 4.89. The molecule has 0 atom stereocenters. The number of likely N-dealkylation sites (N-methyl/N-ethyl adjacent to an activating group) is 1. The van der Waals surface area contributed by atoms with Gasteiger partial charge in [-0.2, -0.15) is 0 Å². The van der Waals surface area contributed by atoms with E-state index in [2.05, 4.69) is 31.5 Å². The lowest BCUT2D eigenvalue weighted by molar-refractivity contribution is -0.126. The van der Waals surface area contributed by atoms with Crippen LogP contribution in [0.1, 0.15) is 34.5 Å². The van der Waals surface area contributed by atoms with Gasteiger partial charge in [0.1, 0.15) is 17.2 Å². The summed E-state index contributed by atoms with van der Waals surface area (Å²) in [5.41, 5.74) is 3.85. The van der Waals surface area contributed by atoms with Gasteiger partial charge >= 0.3 is 0 Å². The number of rotatable bonds is 11. The van der Waals surface area contributed by atoms with Crippen molar-refractivity contribution in [1.82, 2.24) is 25.7 Å². The molecule has 5 rings (SSSR count). The summed E-state index contributed by atoms with van der Waals surface area (Å²) in [6.45, 7) is 0.678. The lowest BCUT2D eigenvalue weighted by atomic mass is 10.0. The van der Waals surface area contributed by atoms with Crippen LogP contribution in [-0.2, 0) is 16.1 Å². The second-order valence-corrected chi connectivity index (χ2v) is 11.0. The number of dihydropyridines is 1. The number of nitrogens with one attached hydrogen (secondary N) is 4. The minimum atomic E-state index is -0.444. The Kier molecular flexibility index (Phi) is 9.53. The number of carbonyl (C=O) groups is 3. The fourth-order valence-corrected chi connectivity index (χ4v) is 5.08. The Bertz CT molecular complexity index is 1700. The Labute approximate surface area is 265 Å². The molecule has 45 heavy (non-hydrogen) atoms. The summed E-state index contributed by atoms with van der Waals surface area (Å²) in [5, 5.41) is 20.4. The third-order valence-corrected chi connectivity index (χ3v) is 7.65. The second-order valence-electron chi connectivity index (χ2n) is 10.6. The zero-order chi connectivity index (χ0) is 32.1. The van der Waals surface area contributed by atoms with Crippen molar-refractivity contribution in [1.29, 1.82) is 0 Å². The predicted octanol–water partition coefficient (Wildman–Crippen LogP) is 4.13. The molecule has 1 saturated carbocycles. The summed E-state index contributed by atoms with van der Waals surface area (Å²) in [6.07, 6.45) is 5.29. The molecule has 1 aromatic heterocycles. The van der Waals surface area contributed by atoms with Crippen molar-refractivity contribution >= 4 is 52.1 Å². The summed E-state index contributed by atoms with van der Waals surface area (Å²) in [4.78, 5) is 39.7. The van der Waals surface area contributed by atoms with E-state index < -0.39 is 5.91 Å². The van der Waals surface area contributed by atoms with Crippen LogP contribution in [0.15, 0.2) is 60.3 Å². The van der Waals surface area contributed by atoms with Crippen molar-refractivity contribution in [3.05, 3.63) is 82.2 Å². The minimum Gasteiger partial charge on any atom is -0.496 e. The van der Waals surface area contributed by atoms with Gasteiger partial charge in [0.25, 0.3) is 11.8 Å². The first-order valence-electron chi connectivity index (χ1n) is 14.3. The number of aromatic nitrogens is 2. The van der Waals surface area contributed by atoms with Gasteiger partial charge in [-0.1, -0.05) is 29.8 Å². The van der Waals surface area contributed by atoms with E-state index in [0.717, 1.165) is 29.5 Å². The smallest absolute Gasteiger partial charge is 0.273 e. The number of hydrogen-bond acceptors (Lipinski definition) is 9. The third-order valence-electron chi connectivity index (χ3n) is 7.42. The Morgan fingerprint density at radius 2 is 1.84 bits per heavy atom. The molecule has 2 aromatic carbocycles. The number of ether oxygens (including phenoxy) is 2. The fraction of sp³-hybridized carbons (Fsp3) is 0.281. The van der Waals surface area contributed by atoms with Gasteiger partial charge in [-0.3, -0.25) is 14.4 Å². The van der Waals surface area contributed by atoms with E-state index in [0.29, 0.717) is 46.7 Å². The molecule has 13 heteroatoms. The number of anilines is 3. The van der Waals surface area contributed by atoms with Crippen LogP contribution in [-0.4, -0.2) is 67.7 Å². The average Bonchev–Trinajstić information content (AvgIpc) is 3.90. The molecule has 3 aromatic rings. The SMILES string of the molecule is CNC(=O)c1nnc(NC(=O)C2CC2)cc1Nc1cccc(C2=CC=C(C(=O)N(C)Cc3cc(Cl)ccc3OC)NC2)c1OC. The lowest BCUT2D eigenvalue weighted by Crippen LogP contribution is -2.35. The topological polar surface area (TPSA) is 147 Å². The van der Waals surface area contributed by atoms with Gasteiger partial charge in [0.05, 0.1) is 25.6 Å². The molecule has 0 saturated heterocycles. The quantitative estimate of drug-likeness (QED) is 0.245. The van der Waals surface area contributed by atoms with Crippen molar-refractivity contribution in [2.45, 2.75) is 19.4 Å². The highest BCUT2D eigenvalue weighted by Crippen LogP contribution is 2.37. The number of benzene rings is 2. The maximum Gasteiger partial charge on any atom is 0.273 e. The van der Waals surface area contributed by atoms with E-state index in [1.54, 1.807) is 62.6 Å². The molecule has 1 fully saturated rings. The zero-order valence-corrected chi connectivity index (χ0v) is 26.1. The molecule has 3 amide bonds. The summed E-state index contributed by atoms with van der Waals surface area (Å²) in [5.74, 6) is 0.621. The van der Waals surface area contributed by atoms with Gasteiger partial charge in [-0.05, 0) is 48.8 Å². The van der Waals surface area contributed by atoms with E-state index in [4.69, 9.17) is 21.1 Å². The number of nitrogens with zero attached hydrogens (tertiary/aromatic N) is 3. The number of para-hydroxylation sites is 1. The molecule has 12 nitrogen and oxygen atoms in total.